The van der Waals surface area contributed by atoms with Crippen molar-refractivity contribution in [3.05, 3.63) is 88.9 Å². The van der Waals surface area contributed by atoms with Crippen LogP contribution < -0.4 is 14.4 Å². The third kappa shape index (κ3) is 6.81. The van der Waals surface area contributed by atoms with Crippen molar-refractivity contribution in [3.8, 4) is 5.75 Å². The van der Waals surface area contributed by atoms with Gasteiger partial charge in [-0.05, 0) is 67.9 Å². The number of ether oxygens (including phenoxy) is 1. The Bertz CT molecular complexity index is 1350. The Morgan fingerprint density at radius 1 is 1.03 bits per heavy atom. The molecule has 3 aromatic carbocycles. The Morgan fingerprint density at radius 2 is 1.68 bits per heavy atom. The summed E-state index contributed by atoms with van der Waals surface area (Å²) in [6.07, 6.45) is 0. The SMILES string of the molecule is CNC(=O)[C@@H](C)N(Cc1cccc(OC)c1)C(=O)CN(c1ccc(Cl)cc1)S(=O)(=O)c1ccc(C)cc1. The number of hydrogen-bond acceptors (Lipinski definition) is 5. The molecular weight excluding hydrogens is 514 g/mol. The molecule has 10 heteroatoms. The first-order chi connectivity index (χ1) is 17.6. The maximum Gasteiger partial charge on any atom is 0.264 e. The summed E-state index contributed by atoms with van der Waals surface area (Å²) in [4.78, 5) is 27.7. The van der Waals surface area contributed by atoms with Gasteiger partial charge in [-0.1, -0.05) is 41.4 Å². The quantitative estimate of drug-likeness (QED) is 0.417. The summed E-state index contributed by atoms with van der Waals surface area (Å²) in [6, 6.07) is 18.8. The van der Waals surface area contributed by atoms with Gasteiger partial charge in [0, 0.05) is 18.6 Å². The Kier molecular flexibility index (Phi) is 9.18. The van der Waals surface area contributed by atoms with E-state index in [-0.39, 0.29) is 23.0 Å². The van der Waals surface area contributed by atoms with Crippen molar-refractivity contribution in [1.82, 2.24) is 10.2 Å². The predicted octanol–water partition coefficient (Wildman–Crippen LogP) is 4.02. The lowest BCUT2D eigenvalue weighted by molar-refractivity contribution is -0.139. The zero-order chi connectivity index (χ0) is 27.2. The minimum absolute atomic E-state index is 0.0412. The first kappa shape index (κ1) is 28.0. The molecule has 1 N–H and O–H groups in total. The molecule has 0 aliphatic carbocycles. The van der Waals surface area contributed by atoms with Crippen LogP contribution in [0.5, 0.6) is 5.75 Å². The van der Waals surface area contributed by atoms with Gasteiger partial charge in [0.2, 0.25) is 11.8 Å². The van der Waals surface area contributed by atoms with E-state index < -0.39 is 28.5 Å². The summed E-state index contributed by atoms with van der Waals surface area (Å²) < 4.78 is 33.7. The molecule has 0 unspecified atom stereocenters. The Labute approximate surface area is 222 Å². The number of anilines is 1. The molecule has 0 aromatic heterocycles. The molecule has 0 aliphatic heterocycles. The fourth-order valence-electron chi connectivity index (χ4n) is 3.73. The Balaban J connectivity index is 2.02. The van der Waals surface area contributed by atoms with Crippen LogP contribution in [0.15, 0.2) is 77.7 Å². The lowest BCUT2D eigenvalue weighted by Crippen LogP contribution is -2.50. The number of amides is 2. The maximum atomic E-state index is 13.7. The van der Waals surface area contributed by atoms with Crippen LogP contribution in [0.25, 0.3) is 0 Å². The molecule has 3 rings (SSSR count). The molecule has 1 atom stereocenters. The van der Waals surface area contributed by atoms with Gasteiger partial charge in [0.25, 0.3) is 10.0 Å². The Morgan fingerprint density at radius 3 is 2.27 bits per heavy atom. The average Bonchev–Trinajstić information content (AvgIpc) is 2.90. The number of benzene rings is 3. The van der Waals surface area contributed by atoms with Crippen molar-refractivity contribution in [3.63, 3.8) is 0 Å². The molecule has 8 nitrogen and oxygen atoms in total. The largest absolute Gasteiger partial charge is 0.497 e. The van der Waals surface area contributed by atoms with Crippen molar-refractivity contribution < 1.29 is 22.7 Å². The predicted molar refractivity (Wildman–Crippen MR) is 144 cm³/mol. The number of likely N-dealkylation sites (N-methyl/N-ethyl adjacent to an activating group) is 1. The summed E-state index contributed by atoms with van der Waals surface area (Å²) in [5.74, 6) is -0.331. The molecule has 0 radical (unpaired) electrons. The van der Waals surface area contributed by atoms with E-state index >= 15 is 0 Å². The van der Waals surface area contributed by atoms with Crippen LogP contribution >= 0.6 is 11.6 Å². The first-order valence-corrected chi connectivity index (χ1v) is 13.4. The highest BCUT2D eigenvalue weighted by Crippen LogP contribution is 2.26. The molecule has 196 valence electrons. The summed E-state index contributed by atoms with van der Waals surface area (Å²) in [7, 11) is -1.11. The highest BCUT2D eigenvalue weighted by molar-refractivity contribution is 7.92. The van der Waals surface area contributed by atoms with E-state index in [1.807, 2.05) is 6.92 Å². The second kappa shape index (κ2) is 12.1. The second-order valence-electron chi connectivity index (χ2n) is 8.46. The summed E-state index contributed by atoms with van der Waals surface area (Å²) in [5, 5.41) is 2.98. The van der Waals surface area contributed by atoms with E-state index in [1.54, 1.807) is 55.5 Å². The van der Waals surface area contributed by atoms with Crippen LogP contribution in [0, 0.1) is 6.92 Å². The van der Waals surface area contributed by atoms with Crippen LogP contribution in [0.2, 0.25) is 5.02 Å². The summed E-state index contributed by atoms with van der Waals surface area (Å²) in [6.45, 7) is 3.00. The van der Waals surface area contributed by atoms with E-state index in [0.29, 0.717) is 10.8 Å². The highest BCUT2D eigenvalue weighted by Gasteiger charge is 2.32. The van der Waals surface area contributed by atoms with Crippen LogP contribution in [0.4, 0.5) is 5.69 Å². The number of halogens is 1. The molecule has 0 aliphatic rings. The van der Waals surface area contributed by atoms with Gasteiger partial charge in [0.05, 0.1) is 17.7 Å². The zero-order valence-corrected chi connectivity index (χ0v) is 22.7. The molecule has 0 saturated carbocycles. The van der Waals surface area contributed by atoms with Crippen molar-refractivity contribution in [2.24, 2.45) is 0 Å². The molecule has 0 saturated heterocycles. The number of rotatable bonds is 10. The van der Waals surface area contributed by atoms with Crippen molar-refractivity contribution in [1.29, 1.82) is 0 Å². The number of nitrogens with zero attached hydrogens (tertiary/aromatic N) is 2. The number of aryl methyl sites for hydroxylation is 1. The van der Waals surface area contributed by atoms with Gasteiger partial charge in [-0.15, -0.1) is 0 Å². The standard InChI is InChI=1S/C27H30ClN3O5S/c1-19-8-14-25(15-9-19)37(34,35)31(23-12-10-22(28)11-13-23)18-26(32)30(20(2)27(33)29-3)17-21-6-5-7-24(16-21)36-4/h5-16,20H,17-18H2,1-4H3,(H,29,33)/t20-/m1/s1. The van der Waals surface area contributed by atoms with E-state index in [4.69, 9.17) is 16.3 Å². The molecule has 0 heterocycles. The third-order valence-electron chi connectivity index (χ3n) is 5.90. The van der Waals surface area contributed by atoms with Crippen LogP contribution in [-0.2, 0) is 26.2 Å². The minimum Gasteiger partial charge on any atom is -0.497 e. The molecule has 0 bridgehead atoms. The molecule has 0 fully saturated rings. The number of hydrogen-bond donors (Lipinski definition) is 1. The maximum absolute atomic E-state index is 13.7. The van der Waals surface area contributed by atoms with E-state index in [9.17, 15) is 18.0 Å². The average molecular weight is 544 g/mol. The summed E-state index contributed by atoms with van der Waals surface area (Å²) in [5.41, 5.74) is 1.90. The lowest BCUT2D eigenvalue weighted by Gasteiger charge is -2.31. The summed E-state index contributed by atoms with van der Waals surface area (Å²) >= 11 is 6.03. The van der Waals surface area contributed by atoms with Crippen LogP contribution in [0.3, 0.4) is 0 Å². The van der Waals surface area contributed by atoms with Crippen molar-refractivity contribution in [2.75, 3.05) is 25.0 Å². The second-order valence-corrected chi connectivity index (χ2v) is 10.8. The van der Waals surface area contributed by atoms with E-state index in [1.165, 1.54) is 43.3 Å². The van der Waals surface area contributed by atoms with Crippen LogP contribution in [0.1, 0.15) is 18.1 Å². The number of carbonyl (C=O) groups excluding carboxylic acids is 2. The minimum atomic E-state index is -4.13. The van der Waals surface area contributed by atoms with Gasteiger partial charge in [-0.25, -0.2) is 8.42 Å². The van der Waals surface area contributed by atoms with Crippen LogP contribution in [-0.4, -0.2) is 51.9 Å². The smallest absolute Gasteiger partial charge is 0.264 e. The number of carbonyl (C=O) groups is 2. The fraction of sp³-hybridized carbons (Fsp3) is 0.259. The monoisotopic (exact) mass is 543 g/mol. The van der Waals surface area contributed by atoms with E-state index in [2.05, 4.69) is 5.32 Å². The first-order valence-electron chi connectivity index (χ1n) is 11.6. The van der Waals surface area contributed by atoms with Gasteiger partial charge in [0.15, 0.2) is 0 Å². The van der Waals surface area contributed by atoms with Gasteiger partial charge < -0.3 is 15.0 Å². The van der Waals surface area contributed by atoms with Gasteiger partial charge in [-0.3, -0.25) is 13.9 Å². The third-order valence-corrected chi connectivity index (χ3v) is 7.94. The molecule has 0 spiro atoms. The highest BCUT2D eigenvalue weighted by atomic mass is 35.5. The molecule has 2 amide bonds. The fourth-order valence-corrected chi connectivity index (χ4v) is 5.27. The number of sulfonamides is 1. The topological polar surface area (TPSA) is 96.0 Å². The lowest BCUT2D eigenvalue weighted by atomic mass is 10.1. The van der Waals surface area contributed by atoms with Crippen molar-refractivity contribution >= 4 is 39.1 Å². The zero-order valence-electron chi connectivity index (χ0n) is 21.1. The molecule has 3 aromatic rings. The van der Waals surface area contributed by atoms with E-state index in [0.717, 1.165) is 15.4 Å². The van der Waals surface area contributed by atoms with Gasteiger partial charge in [-0.2, -0.15) is 0 Å². The number of methoxy groups -OCH3 is 1. The molecular formula is C27H30ClN3O5S. The Hall–Kier alpha value is -3.56. The van der Waals surface area contributed by atoms with Gasteiger partial charge >= 0.3 is 0 Å². The molecule has 37 heavy (non-hydrogen) atoms. The normalized spacial score (nSPS) is 11.9. The van der Waals surface area contributed by atoms with Crippen molar-refractivity contribution in [2.45, 2.75) is 31.3 Å². The number of nitrogens with one attached hydrogen (secondary N) is 1. The van der Waals surface area contributed by atoms with Gasteiger partial charge in [0.1, 0.15) is 18.3 Å².